The lowest BCUT2D eigenvalue weighted by Crippen LogP contribution is -2.33. The van der Waals surface area contributed by atoms with E-state index < -0.39 is 0 Å². The summed E-state index contributed by atoms with van der Waals surface area (Å²) in [6.45, 7) is 7.27. The number of hydrogen-bond donors (Lipinski definition) is 0. The first kappa shape index (κ1) is 14.3. The van der Waals surface area contributed by atoms with E-state index in [0.29, 0.717) is 11.8 Å². The van der Waals surface area contributed by atoms with Gasteiger partial charge >= 0.3 is 0 Å². The van der Waals surface area contributed by atoms with Gasteiger partial charge in [0, 0.05) is 31.6 Å². The first-order chi connectivity index (χ1) is 10.1. The van der Waals surface area contributed by atoms with Crippen molar-refractivity contribution in [2.45, 2.75) is 45.1 Å². The highest BCUT2D eigenvalue weighted by Gasteiger charge is 2.25. The Bertz CT molecular complexity index is 580. The van der Waals surface area contributed by atoms with Gasteiger partial charge in [-0.25, -0.2) is 4.98 Å². The van der Waals surface area contributed by atoms with Gasteiger partial charge in [0.05, 0.1) is 12.0 Å². The minimum atomic E-state index is 0.326. The molecule has 6 heteroatoms. The predicted octanol–water partition coefficient (Wildman–Crippen LogP) is 2.31. The van der Waals surface area contributed by atoms with E-state index in [1.165, 1.54) is 5.69 Å². The highest BCUT2D eigenvalue weighted by Crippen LogP contribution is 2.28. The van der Waals surface area contributed by atoms with Gasteiger partial charge in [0.15, 0.2) is 5.82 Å². The summed E-state index contributed by atoms with van der Waals surface area (Å²) in [5, 5.41) is 4.07. The fraction of sp³-hybridized carbons (Fsp3) is 0.667. The summed E-state index contributed by atoms with van der Waals surface area (Å²) < 4.78 is 7.51. The maximum Gasteiger partial charge on any atom is 0.229 e. The van der Waals surface area contributed by atoms with Gasteiger partial charge in [0.2, 0.25) is 5.89 Å². The van der Waals surface area contributed by atoms with E-state index in [0.717, 1.165) is 44.2 Å². The second-order valence-electron chi connectivity index (χ2n) is 6.19. The lowest BCUT2D eigenvalue weighted by molar-refractivity contribution is 0.184. The summed E-state index contributed by atoms with van der Waals surface area (Å²) in [5.74, 6) is 2.38. The number of hydrogen-bond acceptors (Lipinski definition) is 5. The Hall–Kier alpha value is -1.69. The van der Waals surface area contributed by atoms with Crippen molar-refractivity contribution in [3.05, 3.63) is 29.9 Å². The molecule has 0 spiro atoms. The standard InChI is InChI=1S/C15H23N5O/c1-11(2)14-17-15(21-18-14)12-4-6-20(7-5-12)9-13-8-16-10-19(13)3/h8,10-12H,4-7,9H2,1-3H3. The predicted molar refractivity (Wildman–Crippen MR) is 78.8 cm³/mol. The highest BCUT2D eigenvalue weighted by atomic mass is 16.5. The zero-order chi connectivity index (χ0) is 14.8. The number of piperidine rings is 1. The van der Waals surface area contributed by atoms with Crippen LogP contribution in [-0.4, -0.2) is 37.7 Å². The third-order valence-electron chi connectivity index (χ3n) is 4.21. The summed E-state index contributed by atoms with van der Waals surface area (Å²) in [5.41, 5.74) is 1.26. The molecule has 0 saturated carbocycles. The quantitative estimate of drug-likeness (QED) is 0.864. The van der Waals surface area contributed by atoms with Crippen LogP contribution in [0.4, 0.5) is 0 Å². The Morgan fingerprint density at radius 2 is 2.10 bits per heavy atom. The molecular formula is C15H23N5O. The smallest absolute Gasteiger partial charge is 0.229 e. The molecule has 6 nitrogen and oxygen atoms in total. The molecule has 0 bridgehead atoms. The molecule has 2 aromatic heterocycles. The van der Waals surface area contributed by atoms with Crippen molar-refractivity contribution in [1.82, 2.24) is 24.6 Å². The molecule has 0 atom stereocenters. The van der Waals surface area contributed by atoms with Gasteiger partial charge in [-0.2, -0.15) is 4.98 Å². The maximum atomic E-state index is 5.43. The normalized spacial score (nSPS) is 17.7. The first-order valence-electron chi connectivity index (χ1n) is 7.64. The Morgan fingerprint density at radius 3 is 2.67 bits per heavy atom. The molecule has 21 heavy (non-hydrogen) atoms. The fourth-order valence-electron chi connectivity index (χ4n) is 2.75. The summed E-state index contributed by atoms with van der Waals surface area (Å²) in [4.78, 5) is 11.2. The van der Waals surface area contributed by atoms with Crippen LogP contribution in [0.25, 0.3) is 0 Å². The summed E-state index contributed by atoms with van der Waals surface area (Å²) in [7, 11) is 2.04. The molecule has 114 valence electrons. The molecule has 1 aliphatic heterocycles. The van der Waals surface area contributed by atoms with Crippen LogP contribution in [0.1, 0.15) is 55.9 Å². The van der Waals surface area contributed by atoms with Crippen molar-refractivity contribution in [2.75, 3.05) is 13.1 Å². The van der Waals surface area contributed by atoms with E-state index in [9.17, 15) is 0 Å². The minimum absolute atomic E-state index is 0.326. The maximum absolute atomic E-state index is 5.43. The van der Waals surface area contributed by atoms with Crippen LogP contribution in [0.3, 0.4) is 0 Å². The van der Waals surface area contributed by atoms with Gasteiger partial charge in [0.1, 0.15) is 0 Å². The second-order valence-corrected chi connectivity index (χ2v) is 6.19. The summed E-state index contributed by atoms with van der Waals surface area (Å²) in [6.07, 6.45) is 5.96. The van der Waals surface area contributed by atoms with Crippen LogP contribution in [0.2, 0.25) is 0 Å². The van der Waals surface area contributed by atoms with Crippen LogP contribution >= 0.6 is 0 Å². The Kier molecular flexibility index (Phi) is 4.05. The van der Waals surface area contributed by atoms with E-state index in [2.05, 4.69) is 38.4 Å². The van der Waals surface area contributed by atoms with Gasteiger partial charge in [0.25, 0.3) is 0 Å². The zero-order valence-electron chi connectivity index (χ0n) is 13.0. The zero-order valence-corrected chi connectivity index (χ0v) is 13.0. The second kappa shape index (κ2) is 5.97. The van der Waals surface area contributed by atoms with Gasteiger partial charge in [-0.05, 0) is 25.9 Å². The van der Waals surface area contributed by atoms with Crippen molar-refractivity contribution in [3.8, 4) is 0 Å². The molecule has 0 radical (unpaired) electrons. The molecule has 0 amide bonds. The van der Waals surface area contributed by atoms with Crippen molar-refractivity contribution in [2.24, 2.45) is 7.05 Å². The topological polar surface area (TPSA) is 60.0 Å². The van der Waals surface area contributed by atoms with Crippen LogP contribution in [-0.2, 0) is 13.6 Å². The van der Waals surface area contributed by atoms with Crippen LogP contribution < -0.4 is 0 Å². The molecule has 0 N–H and O–H groups in total. The third kappa shape index (κ3) is 3.15. The summed E-state index contributed by atoms with van der Waals surface area (Å²) in [6, 6.07) is 0. The molecule has 3 heterocycles. The van der Waals surface area contributed by atoms with E-state index in [-0.39, 0.29) is 0 Å². The summed E-state index contributed by atoms with van der Waals surface area (Å²) >= 11 is 0. The van der Waals surface area contributed by atoms with Gasteiger partial charge in [-0.3, -0.25) is 4.90 Å². The van der Waals surface area contributed by atoms with Gasteiger partial charge in [-0.15, -0.1) is 0 Å². The van der Waals surface area contributed by atoms with Gasteiger partial charge < -0.3 is 9.09 Å². The molecule has 0 aliphatic carbocycles. The lowest BCUT2D eigenvalue weighted by atomic mass is 9.96. The molecule has 1 aliphatic rings. The third-order valence-corrected chi connectivity index (χ3v) is 4.21. The highest BCUT2D eigenvalue weighted by molar-refractivity contribution is 5.01. The largest absolute Gasteiger partial charge is 0.339 e. The minimum Gasteiger partial charge on any atom is -0.339 e. The van der Waals surface area contributed by atoms with E-state index in [1.54, 1.807) is 0 Å². The Labute approximate surface area is 125 Å². The van der Waals surface area contributed by atoms with Gasteiger partial charge in [-0.1, -0.05) is 19.0 Å². The van der Waals surface area contributed by atoms with Crippen molar-refractivity contribution in [3.63, 3.8) is 0 Å². The number of likely N-dealkylation sites (tertiary alicyclic amines) is 1. The molecule has 3 rings (SSSR count). The molecule has 0 aromatic carbocycles. The molecule has 1 fully saturated rings. The number of aryl methyl sites for hydroxylation is 1. The Balaban J connectivity index is 1.56. The SMILES string of the molecule is CC(C)c1noc(C2CCN(Cc3cncn3C)CC2)n1. The number of rotatable bonds is 4. The molecule has 0 unspecified atom stereocenters. The first-order valence-corrected chi connectivity index (χ1v) is 7.64. The Morgan fingerprint density at radius 1 is 1.33 bits per heavy atom. The fourth-order valence-corrected chi connectivity index (χ4v) is 2.75. The van der Waals surface area contributed by atoms with E-state index in [4.69, 9.17) is 4.52 Å². The average molecular weight is 289 g/mol. The van der Waals surface area contributed by atoms with E-state index >= 15 is 0 Å². The van der Waals surface area contributed by atoms with E-state index in [1.807, 2.05) is 19.6 Å². The number of aromatic nitrogens is 4. The van der Waals surface area contributed by atoms with Crippen LogP contribution in [0, 0.1) is 0 Å². The van der Waals surface area contributed by atoms with Crippen molar-refractivity contribution < 1.29 is 4.52 Å². The molecular weight excluding hydrogens is 266 g/mol. The van der Waals surface area contributed by atoms with Crippen LogP contribution in [0.5, 0.6) is 0 Å². The van der Waals surface area contributed by atoms with Crippen molar-refractivity contribution >= 4 is 0 Å². The van der Waals surface area contributed by atoms with Crippen molar-refractivity contribution in [1.29, 1.82) is 0 Å². The lowest BCUT2D eigenvalue weighted by Gasteiger charge is -2.30. The average Bonchev–Trinajstić information content (AvgIpc) is 3.10. The molecule has 2 aromatic rings. The van der Waals surface area contributed by atoms with Crippen LogP contribution in [0.15, 0.2) is 17.0 Å². The monoisotopic (exact) mass is 289 g/mol. The molecule has 1 saturated heterocycles. The number of nitrogens with zero attached hydrogens (tertiary/aromatic N) is 5. The number of imidazole rings is 1.